The van der Waals surface area contributed by atoms with Gasteiger partial charge in [0, 0.05) is 18.8 Å². The van der Waals surface area contributed by atoms with Crippen LogP contribution in [0, 0.1) is 6.92 Å². The summed E-state index contributed by atoms with van der Waals surface area (Å²) >= 11 is 0. The van der Waals surface area contributed by atoms with E-state index in [1.807, 2.05) is 31.5 Å². The van der Waals surface area contributed by atoms with E-state index in [1.54, 1.807) is 0 Å². The SMILES string of the molecule is CCc1nccn1Cc1ccc(C)o1. The van der Waals surface area contributed by atoms with E-state index >= 15 is 0 Å². The first-order valence-corrected chi connectivity index (χ1v) is 4.85. The van der Waals surface area contributed by atoms with Gasteiger partial charge in [0.15, 0.2) is 0 Å². The highest BCUT2D eigenvalue weighted by Gasteiger charge is 2.03. The molecule has 0 bridgehead atoms. The molecule has 0 aliphatic carbocycles. The summed E-state index contributed by atoms with van der Waals surface area (Å²) < 4.78 is 7.62. The Labute approximate surface area is 83.4 Å². The molecule has 14 heavy (non-hydrogen) atoms. The summed E-state index contributed by atoms with van der Waals surface area (Å²) in [4.78, 5) is 4.26. The number of rotatable bonds is 3. The third-order valence-electron chi connectivity index (χ3n) is 2.24. The fourth-order valence-electron chi connectivity index (χ4n) is 1.54. The first kappa shape index (κ1) is 9.06. The molecule has 0 saturated carbocycles. The van der Waals surface area contributed by atoms with Crippen LogP contribution in [0.3, 0.4) is 0 Å². The highest BCUT2D eigenvalue weighted by atomic mass is 16.3. The van der Waals surface area contributed by atoms with Gasteiger partial charge in [0.2, 0.25) is 0 Å². The molecule has 0 aromatic carbocycles. The van der Waals surface area contributed by atoms with Gasteiger partial charge < -0.3 is 8.98 Å². The van der Waals surface area contributed by atoms with Crippen molar-refractivity contribution in [1.29, 1.82) is 0 Å². The Balaban J connectivity index is 2.18. The summed E-state index contributed by atoms with van der Waals surface area (Å²) in [6.45, 7) is 4.83. The molecule has 0 amide bonds. The van der Waals surface area contributed by atoms with E-state index in [1.165, 1.54) is 0 Å². The molecule has 0 aliphatic heterocycles. The lowest BCUT2D eigenvalue weighted by molar-refractivity contribution is 0.466. The quantitative estimate of drug-likeness (QED) is 0.744. The highest BCUT2D eigenvalue weighted by Crippen LogP contribution is 2.09. The molecular weight excluding hydrogens is 176 g/mol. The van der Waals surface area contributed by atoms with E-state index in [-0.39, 0.29) is 0 Å². The molecule has 0 unspecified atom stereocenters. The summed E-state index contributed by atoms with van der Waals surface area (Å²) in [7, 11) is 0. The Morgan fingerprint density at radius 1 is 1.43 bits per heavy atom. The van der Waals surface area contributed by atoms with Crippen LogP contribution in [-0.4, -0.2) is 9.55 Å². The first-order valence-electron chi connectivity index (χ1n) is 4.85. The van der Waals surface area contributed by atoms with Gasteiger partial charge in [-0.3, -0.25) is 0 Å². The number of hydrogen-bond donors (Lipinski definition) is 0. The number of aryl methyl sites for hydroxylation is 2. The van der Waals surface area contributed by atoms with Gasteiger partial charge in [-0.2, -0.15) is 0 Å². The fraction of sp³-hybridized carbons (Fsp3) is 0.364. The maximum Gasteiger partial charge on any atom is 0.123 e. The van der Waals surface area contributed by atoms with E-state index < -0.39 is 0 Å². The topological polar surface area (TPSA) is 31.0 Å². The van der Waals surface area contributed by atoms with Crippen molar-refractivity contribution in [2.45, 2.75) is 26.8 Å². The van der Waals surface area contributed by atoms with Crippen molar-refractivity contribution < 1.29 is 4.42 Å². The zero-order valence-electron chi connectivity index (χ0n) is 8.53. The molecule has 0 aliphatic rings. The molecule has 0 radical (unpaired) electrons. The van der Waals surface area contributed by atoms with Crippen LogP contribution in [0.2, 0.25) is 0 Å². The second kappa shape index (κ2) is 3.70. The third kappa shape index (κ3) is 1.71. The summed E-state index contributed by atoms with van der Waals surface area (Å²) in [5.74, 6) is 3.03. The second-order valence-electron chi connectivity index (χ2n) is 3.34. The predicted octanol–water partition coefficient (Wildman–Crippen LogP) is 2.40. The number of furan rings is 1. The predicted molar refractivity (Wildman–Crippen MR) is 54.2 cm³/mol. The molecule has 2 heterocycles. The number of nitrogens with zero attached hydrogens (tertiary/aromatic N) is 2. The summed E-state index contributed by atoms with van der Waals surface area (Å²) in [6, 6.07) is 3.99. The van der Waals surface area contributed by atoms with E-state index in [0.29, 0.717) is 0 Å². The Bertz CT molecular complexity index is 414. The molecule has 0 N–H and O–H groups in total. The maximum atomic E-state index is 5.51. The van der Waals surface area contributed by atoms with Gasteiger partial charge in [-0.15, -0.1) is 0 Å². The van der Waals surface area contributed by atoms with Crippen LogP contribution in [0.1, 0.15) is 24.3 Å². The van der Waals surface area contributed by atoms with Crippen molar-refractivity contribution >= 4 is 0 Å². The van der Waals surface area contributed by atoms with E-state index in [0.717, 1.165) is 30.3 Å². The molecule has 2 aromatic heterocycles. The normalized spacial score (nSPS) is 10.7. The van der Waals surface area contributed by atoms with E-state index in [4.69, 9.17) is 4.42 Å². The number of aromatic nitrogens is 2. The highest BCUT2D eigenvalue weighted by molar-refractivity contribution is 5.07. The van der Waals surface area contributed by atoms with E-state index in [9.17, 15) is 0 Å². The monoisotopic (exact) mass is 190 g/mol. The van der Waals surface area contributed by atoms with Gasteiger partial charge in [0.25, 0.3) is 0 Å². The van der Waals surface area contributed by atoms with Gasteiger partial charge in [-0.1, -0.05) is 6.92 Å². The Morgan fingerprint density at radius 3 is 2.93 bits per heavy atom. The molecule has 3 heteroatoms. The van der Waals surface area contributed by atoms with Crippen LogP contribution in [-0.2, 0) is 13.0 Å². The minimum Gasteiger partial charge on any atom is -0.464 e. The smallest absolute Gasteiger partial charge is 0.123 e. The fourth-order valence-corrected chi connectivity index (χ4v) is 1.54. The minimum absolute atomic E-state index is 0.775. The zero-order chi connectivity index (χ0) is 9.97. The standard InChI is InChI=1S/C11H14N2O/c1-3-11-12-6-7-13(11)8-10-5-4-9(2)14-10/h4-7H,3,8H2,1-2H3. The molecule has 2 rings (SSSR count). The van der Waals surface area contributed by atoms with Crippen LogP contribution in [0.25, 0.3) is 0 Å². The lowest BCUT2D eigenvalue weighted by atomic mass is 10.4. The van der Waals surface area contributed by atoms with Gasteiger partial charge in [-0.25, -0.2) is 4.98 Å². The molecule has 74 valence electrons. The van der Waals surface area contributed by atoms with Crippen molar-refractivity contribution in [2.75, 3.05) is 0 Å². The first-order chi connectivity index (χ1) is 6.79. The van der Waals surface area contributed by atoms with Gasteiger partial charge in [0.05, 0.1) is 6.54 Å². The lowest BCUT2D eigenvalue weighted by Gasteiger charge is -2.03. The van der Waals surface area contributed by atoms with Crippen molar-refractivity contribution in [3.05, 3.63) is 41.9 Å². The average Bonchev–Trinajstić information content (AvgIpc) is 2.76. The summed E-state index contributed by atoms with van der Waals surface area (Å²) in [5, 5.41) is 0. The van der Waals surface area contributed by atoms with Crippen LogP contribution in [0.4, 0.5) is 0 Å². The largest absolute Gasteiger partial charge is 0.464 e. The maximum absolute atomic E-state index is 5.51. The molecule has 0 spiro atoms. The number of imidazole rings is 1. The van der Waals surface area contributed by atoms with Crippen LogP contribution < -0.4 is 0 Å². The molecule has 0 atom stereocenters. The Kier molecular flexibility index (Phi) is 2.39. The van der Waals surface area contributed by atoms with Crippen molar-refractivity contribution in [1.82, 2.24) is 9.55 Å². The van der Waals surface area contributed by atoms with Gasteiger partial charge >= 0.3 is 0 Å². The van der Waals surface area contributed by atoms with Crippen molar-refractivity contribution in [3.63, 3.8) is 0 Å². The number of hydrogen-bond acceptors (Lipinski definition) is 2. The third-order valence-corrected chi connectivity index (χ3v) is 2.24. The summed E-state index contributed by atoms with van der Waals surface area (Å²) in [5.41, 5.74) is 0. The molecule has 0 fully saturated rings. The van der Waals surface area contributed by atoms with Crippen LogP contribution in [0.5, 0.6) is 0 Å². The lowest BCUT2D eigenvalue weighted by Crippen LogP contribution is -2.02. The molecule has 0 saturated heterocycles. The van der Waals surface area contributed by atoms with Crippen molar-refractivity contribution in [2.24, 2.45) is 0 Å². The average molecular weight is 190 g/mol. The van der Waals surface area contributed by atoms with Gasteiger partial charge in [0.1, 0.15) is 17.3 Å². The van der Waals surface area contributed by atoms with Gasteiger partial charge in [-0.05, 0) is 19.1 Å². The second-order valence-corrected chi connectivity index (χ2v) is 3.34. The van der Waals surface area contributed by atoms with Crippen LogP contribution in [0.15, 0.2) is 28.9 Å². The zero-order valence-corrected chi connectivity index (χ0v) is 8.53. The van der Waals surface area contributed by atoms with Crippen LogP contribution >= 0.6 is 0 Å². The Hall–Kier alpha value is -1.51. The Morgan fingerprint density at radius 2 is 2.29 bits per heavy atom. The molecule has 3 nitrogen and oxygen atoms in total. The molecular formula is C11H14N2O. The minimum atomic E-state index is 0.775. The molecule has 2 aromatic rings. The summed E-state index contributed by atoms with van der Waals surface area (Å²) in [6.07, 6.45) is 4.76. The van der Waals surface area contributed by atoms with Crippen molar-refractivity contribution in [3.8, 4) is 0 Å². The van der Waals surface area contributed by atoms with E-state index in [2.05, 4.69) is 16.5 Å².